The van der Waals surface area contributed by atoms with Crippen LogP contribution in [0.4, 0.5) is 74.6 Å². The molecule has 9 nitrogen and oxygen atoms in total. The summed E-state index contributed by atoms with van der Waals surface area (Å²) >= 11 is 0. The van der Waals surface area contributed by atoms with Crippen LogP contribution >= 0.6 is 7.82 Å². The fourth-order valence-corrected chi connectivity index (χ4v) is 2.67. The van der Waals surface area contributed by atoms with Crippen molar-refractivity contribution in [1.82, 2.24) is 0 Å². The number of ketones is 1. The third-order valence-electron chi connectivity index (χ3n) is 4.82. The number of Topliss-reactive ketones (excluding diaryl/α,β-unsaturated/α-hetero) is 1. The Morgan fingerprint density at radius 3 is 1.22 bits per heavy atom. The molecule has 0 saturated carbocycles. The van der Waals surface area contributed by atoms with Gasteiger partial charge in [-0.1, -0.05) is 0 Å². The molecule has 0 saturated heterocycles. The quantitative estimate of drug-likeness (QED) is 0.119. The largest absolute Gasteiger partial charge is 0.470 e. The van der Waals surface area contributed by atoms with E-state index in [0.29, 0.717) is 0 Å². The average Bonchev–Trinajstić information content (AvgIpc) is 2.78. The molecule has 4 atom stereocenters. The van der Waals surface area contributed by atoms with E-state index in [1.807, 2.05) is 0 Å². The van der Waals surface area contributed by atoms with Gasteiger partial charge in [0.2, 0.25) is 0 Å². The van der Waals surface area contributed by atoms with Crippen LogP contribution in [0.2, 0.25) is 0 Å². The van der Waals surface area contributed by atoms with Crippen molar-refractivity contribution in [2.24, 2.45) is 0 Å². The van der Waals surface area contributed by atoms with E-state index in [4.69, 9.17) is 14.9 Å². The van der Waals surface area contributed by atoms with Gasteiger partial charge in [-0.15, -0.1) is 0 Å². The normalized spacial score (nSPS) is 18.6. The predicted octanol–water partition coefficient (Wildman–Crippen LogP) is 2.12. The zero-order chi connectivity index (χ0) is 33.8. The van der Waals surface area contributed by atoms with Gasteiger partial charge in [0.25, 0.3) is 0 Å². The zero-order valence-electron chi connectivity index (χ0n) is 18.3. The molecular weight excluding hydrogens is 666 g/mol. The number of hydrogen-bond donors (Lipinski definition) is 6. The minimum Gasteiger partial charge on any atom is -0.387 e. The van der Waals surface area contributed by atoms with Crippen molar-refractivity contribution < 1.29 is 119 Å². The molecule has 0 aromatic rings. The molecule has 0 aromatic carbocycles. The van der Waals surface area contributed by atoms with Crippen LogP contribution < -0.4 is 0 Å². The first kappa shape index (κ1) is 39.4. The lowest BCUT2D eigenvalue weighted by Gasteiger charge is -2.44. The molecule has 0 amide bonds. The molecule has 41 heavy (non-hydrogen) atoms. The lowest BCUT2D eigenvalue weighted by Crippen LogP contribution is -2.75. The number of alkyl halides is 17. The van der Waals surface area contributed by atoms with Crippen LogP contribution in [0.15, 0.2) is 0 Å². The van der Waals surface area contributed by atoms with E-state index < -0.39 is 92.3 Å². The molecule has 0 bridgehead atoms. The van der Waals surface area contributed by atoms with Crippen LogP contribution in [0, 0.1) is 0 Å². The third-order valence-corrected chi connectivity index (χ3v) is 5.29. The van der Waals surface area contributed by atoms with Gasteiger partial charge in [0.1, 0.15) is 24.9 Å². The van der Waals surface area contributed by atoms with Crippen molar-refractivity contribution in [3.63, 3.8) is 0 Å². The Kier molecular flexibility index (Phi) is 10.7. The molecule has 27 heteroatoms. The minimum absolute atomic E-state index is 2.02. The Morgan fingerprint density at radius 2 is 0.902 bits per heavy atom. The summed E-state index contributed by atoms with van der Waals surface area (Å²) in [6.45, 7) is -2.02. The highest BCUT2D eigenvalue weighted by Gasteiger charge is 2.95. The maximum absolute atomic E-state index is 14.0. The first-order chi connectivity index (χ1) is 17.5. The van der Waals surface area contributed by atoms with Crippen molar-refractivity contribution in [2.45, 2.75) is 72.0 Å². The Balaban J connectivity index is 6.56. The van der Waals surface area contributed by atoms with Crippen molar-refractivity contribution in [2.75, 3.05) is 6.61 Å². The summed E-state index contributed by atoms with van der Waals surface area (Å²) in [7, 11) is -5.58. The summed E-state index contributed by atoms with van der Waals surface area (Å²) in [6.07, 6.45) is -25.0. The van der Waals surface area contributed by atoms with Gasteiger partial charge < -0.3 is 30.2 Å². The van der Waals surface area contributed by atoms with Crippen LogP contribution in [0.5, 0.6) is 0 Å². The first-order valence-electron chi connectivity index (χ1n) is 9.18. The fraction of sp³-hybridized carbons (Fsp3) is 0.929. The van der Waals surface area contributed by atoms with Crippen LogP contribution in [0.25, 0.3) is 0 Å². The molecule has 0 aliphatic heterocycles. The highest BCUT2D eigenvalue weighted by atomic mass is 31.2. The predicted molar refractivity (Wildman–Crippen MR) is 87.7 cm³/mol. The van der Waals surface area contributed by atoms with Gasteiger partial charge in [-0.2, -0.15) is 74.6 Å². The Bertz CT molecular complexity index is 995. The van der Waals surface area contributed by atoms with Crippen LogP contribution in [-0.4, -0.2) is 115 Å². The molecule has 0 spiro atoms. The number of carbonyl (C=O) groups is 1. The average molecular weight is 678 g/mol. The maximum Gasteiger partial charge on any atom is 0.470 e. The maximum atomic E-state index is 14.0. The minimum atomic E-state index is -9.00. The molecule has 246 valence electrons. The summed E-state index contributed by atoms with van der Waals surface area (Å²) in [6, 6.07) is 0. The molecular formula is C14H12F17O9P. The van der Waals surface area contributed by atoms with Crippen LogP contribution in [0.1, 0.15) is 0 Å². The molecule has 0 aromatic heterocycles. The number of phosphoric ester groups is 1. The van der Waals surface area contributed by atoms with Gasteiger partial charge in [0.15, 0.2) is 11.9 Å². The Labute approximate surface area is 212 Å². The van der Waals surface area contributed by atoms with Crippen LogP contribution in [-0.2, 0) is 13.9 Å². The second kappa shape index (κ2) is 11.2. The summed E-state index contributed by atoms with van der Waals surface area (Å²) < 4.78 is 239. The van der Waals surface area contributed by atoms with Gasteiger partial charge in [0.05, 0.1) is 0 Å². The topological polar surface area (TPSA) is 165 Å². The van der Waals surface area contributed by atoms with E-state index in [2.05, 4.69) is 4.52 Å². The second-order valence-corrected chi connectivity index (χ2v) is 8.91. The Morgan fingerprint density at radius 1 is 0.585 bits per heavy atom. The fourth-order valence-electron chi connectivity index (χ4n) is 2.37. The lowest BCUT2D eigenvalue weighted by atomic mass is 9.85. The Hall–Kier alpha value is -1.57. The highest BCUT2D eigenvalue weighted by molar-refractivity contribution is 7.46. The highest BCUT2D eigenvalue weighted by Crippen LogP contribution is 2.64. The van der Waals surface area contributed by atoms with Crippen molar-refractivity contribution >= 4 is 13.6 Å². The molecule has 0 fully saturated rings. The monoisotopic (exact) mass is 678 g/mol. The van der Waals surface area contributed by atoms with Crippen molar-refractivity contribution in [3.05, 3.63) is 0 Å². The van der Waals surface area contributed by atoms with Gasteiger partial charge in [-0.05, 0) is 0 Å². The van der Waals surface area contributed by atoms with Gasteiger partial charge in [0, 0.05) is 0 Å². The number of phosphoric acid groups is 1. The molecule has 2 unspecified atom stereocenters. The summed E-state index contributed by atoms with van der Waals surface area (Å²) in [5.74, 6) is -62.4. The molecule has 0 aliphatic carbocycles. The number of halogens is 17. The van der Waals surface area contributed by atoms with E-state index in [1.165, 1.54) is 0 Å². The van der Waals surface area contributed by atoms with Gasteiger partial charge in [-0.25, -0.2) is 4.57 Å². The van der Waals surface area contributed by atoms with Crippen molar-refractivity contribution in [1.29, 1.82) is 0 Å². The summed E-state index contributed by atoms with van der Waals surface area (Å²) in [4.78, 5) is 27.9. The first-order valence-corrected chi connectivity index (χ1v) is 10.7. The molecule has 0 rings (SSSR count). The number of rotatable bonds is 14. The third kappa shape index (κ3) is 6.38. The molecule has 0 aliphatic rings. The van der Waals surface area contributed by atoms with Crippen LogP contribution in [0.3, 0.4) is 0 Å². The molecule has 0 heterocycles. The SMILES string of the molecule is O=C(COP(=O)(O)O)C(O)C(O)[C@H](O)[C@@H](O)C(F)(F)C(F)(F)C(F)(F)C(F)(F)C(F)(F)C(F)(F)C(F)(F)C(F)(F)F. The van der Waals surface area contributed by atoms with Gasteiger partial charge >= 0.3 is 55.5 Å². The molecule has 6 N–H and O–H groups in total. The number of carbonyl (C=O) groups excluding carboxylic acids is 1. The van der Waals surface area contributed by atoms with E-state index in [-0.39, 0.29) is 0 Å². The van der Waals surface area contributed by atoms with Gasteiger partial charge in [-0.3, -0.25) is 9.32 Å². The lowest BCUT2D eigenvalue weighted by molar-refractivity contribution is -0.465. The summed E-state index contributed by atoms with van der Waals surface area (Å²) in [5.41, 5.74) is 0. The van der Waals surface area contributed by atoms with E-state index >= 15 is 0 Å². The molecule has 0 radical (unpaired) electrons. The second-order valence-electron chi connectivity index (χ2n) is 7.67. The number of aliphatic hydroxyl groups excluding tert-OH is 4. The van der Waals surface area contributed by atoms with E-state index in [1.54, 1.807) is 0 Å². The number of aliphatic hydroxyl groups is 4. The smallest absolute Gasteiger partial charge is 0.387 e. The van der Waals surface area contributed by atoms with E-state index in [0.717, 1.165) is 0 Å². The standard InChI is InChI=1S/C14H12F17O9P/c15-7(16,6(36)5(35)4(34)3(33)2(32)1-40-41(37,38)39)8(17,18)9(19,20)10(21,22)11(23,24)12(25,26)13(27,28)14(29,30)31/h3-6,33-36H,1H2,(H2,37,38,39)/t3?,4?,5-,6+/m0/s1. The van der Waals surface area contributed by atoms with Crippen molar-refractivity contribution in [3.8, 4) is 0 Å². The number of hydrogen-bond acceptors (Lipinski definition) is 7. The zero-order valence-corrected chi connectivity index (χ0v) is 19.2. The summed E-state index contributed by atoms with van der Waals surface area (Å²) in [5, 5.41) is 36.9. The van der Waals surface area contributed by atoms with E-state index in [9.17, 15) is 99.3 Å².